The molecular weight excluding hydrogens is 304 g/mol. The predicted octanol–water partition coefficient (Wildman–Crippen LogP) is 2.70. The van der Waals surface area contributed by atoms with Crippen LogP contribution in [0, 0.1) is 6.92 Å². The lowest BCUT2D eigenvalue weighted by Gasteiger charge is -1.99. The smallest absolute Gasteiger partial charge is 0.346 e. The molecule has 0 spiro atoms. The molecule has 0 bridgehead atoms. The number of rotatable bonds is 3. The van der Waals surface area contributed by atoms with E-state index in [4.69, 9.17) is 5.11 Å². The number of carbonyl (C=O) groups is 1. The number of carboxylic acids is 1. The highest BCUT2D eigenvalue weighted by atomic mass is 32.2. The van der Waals surface area contributed by atoms with Crippen LogP contribution in [0.2, 0.25) is 0 Å². The van der Waals surface area contributed by atoms with Crippen molar-refractivity contribution in [1.82, 2.24) is 20.2 Å². The molecular formula is C10H6N4O2S3. The van der Waals surface area contributed by atoms with Crippen LogP contribution in [0.15, 0.2) is 21.2 Å². The lowest BCUT2D eigenvalue weighted by atomic mass is 10.2. The van der Waals surface area contributed by atoms with Crippen LogP contribution in [-0.4, -0.2) is 31.2 Å². The van der Waals surface area contributed by atoms with Crippen molar-refractivity contribution in [2.75, 3.05) is 0 Å². The maximum atomic E-state index is 11.2. The van der Waals surface area contributed by atoms with Crippen molar-refractivity contribution in [3.63, 3.8) is 0 Å². The molecule has 96 valence electrons. The van der Waals surface area contributed by atoms with Crippen molar-refractivity contribution in [3.8, 4) is 0 Å². The maximum absolute atomic E-state index is 11.2. The molecule has 19 heavy (non-hydrogen) atoms. The van der Waals surface area contributed by atoms with Gasteiger partial charge in [0.2, 0.25) is 0 Å². The lowest BCUT2D eigenvalue weighted by Crippen LogP contribution is -1.94. The van der Waals surface area contributed by atoms with Crippen molar-refractivity contribution in [1.29, 1.82) is 0 Å². The Balaban J connectivity index is 2.17. The first kappa shape index (κ1) is 12.5. The minimum Gasteiger partial charge on any atom is -0.477 e. The van der Waals surface area contributed by atoms with Gasteiger partial charge < -0.3 is 5.11 Å². The summed E-state index contributed by atoms with van der Waals surface area (Å²) in [6.07, 6.45) is 1.44. The molecule has 0 atom stereocenters. The quantitative estimate of drug-likeness (QED) is 0.744. The van der Waals surface area contributed by atoms with E-state index in [9.17, 15) is 4.79 Å². The van der Waals surface area contributed by atoms with Crippen LogP contribution in [0.4, 0.5) is 0 Å². The second-order valence-electron chi connectivity index (χ2n) is 3.53. The van der Waals surface area contributed by atoms with Gasteiger partial charge in [-0.25, -0.2) is 14.8 Å². The molecule has 0 aliphatic carbocycles. The summed E-state index contributed by atoms with van der Waals surface area (Å²) in [5.74, 6) is -0.938. The highest BCUT2D eigenvalue weighted by molar-refractivity contribution is 8.01. The first-order valence-electron chi connectivity index (χ1n) is 5.08. The Hall–Kier alpha value is -1.58. The van der Waals surface area contributed by atoms with Crippen LogP contribution < -0.4 is 0 Å². The SMILES string of the molecule is Cc1c(C(=O)O)sc2ncnc(Sc3nncs3)c12. The molecule has 1 N–H and O–H groups in total. The summed E-state index contributed by atoms with van der Waals surface area (Å²) in [7, 11) is 0. The van der Waals surface area contributed by atoms with Crippen molar-refractivity contribution in [2.24, 2.45) is 0 Å². The maximum Gasteiger partial charge on any atom is 0.346 e. The van der Waals surface area contributed by atoms with Gasteiger partial charge in [0.15, 0.2) is 4.34 Å². The number of aromatic nitrogens is 4. The zero-order valence-electron chi connectivity index (χ0n) is 9.52. The number of hydrogen-bond donors (Lipinski definition) is 1. The second-order valence-corrected chi connectivity index (χ2v) is 6.60. The van der Waals surface area contributed by atoms with Crippen LogP contribution >= 0.6 is 34.4 Å². The van der Waals surface area contributed by atoms with Gasteiger partial charge in [0, 0.05) is 5.39 Å². The molecule has 0 fully saturated rings. The highest BCUT2D eigenvalue weighted by Gasteiger charge is 2.19. The largest absolute Gasteiger partial charge is 0.477 e. The van der Waals surface area contributed by atoms with Gasteiger partial charge in [0.25, 0.3) is 0 Å². The molecule has 3 heterocycles. The molecule has 0 saturated carbocycles. The summed E-state index contributed by atoms with van der Waals surface area (Å²) >= 11 is 3.95. The van der Waals surface area contributed by atoms with Crippen molar-refractivity contribution >= 4 is 50.6 Å². The van der Waals surface area contributed by atoms with E-state index in [1.807, 2.05) is 0 Å². The van der Waals surface area contributed by atoms with Crippen molar-refractivity contribution < 1.29 is 9.90 Å². The summed E-state index contributed by atoms with van der Waals surface area (Å²) in [4.78, 5) is 20.5. The molecule has 0 saturated heterocycles. The molecule has 9 heteroatoms. The van der Waals surface area contributed by atoms with Crippen LogP contribution in [0.3, 0.4) is 0 Å². The predicted molar refractivity (Wildman–Crippen MR) is 73.1 cm³/mol. The second kappa shape index (κ2) is 4.83. The Bertz CT molecular complexity index is 754. The van der Waals surface area contributed by atoms with Gasteiger partial charge in [-0.2, -0.15) is 0 Å². The summed E-state index contributed by atoms with van der Waals surface area (Å²) in [6.45, 7) is 1.77. The van der Waals surface area contributed by atoms with Gasteiger partial charge in [0.1, 0.15) is 26.6 Å². The van der Waals surface area contributed by atoms with Gasteiger partial charge in [-0.1, -0.05) is 11.3 Å². The normalized spacial score (nSPS) is 11.0. The highest BCUT2D eigenvalue weighted by Crippen LogP contribution is 2.37. The molecule has 0 aliphatic heterocycles. The van der Waals surface area contributed by atoms with E-state index < -0.39 is 5.97 Å². The van der Waals surface area contributed by atoms with Crippen LogP contribution in [-0.2, 0) is 0 Å². The number of thiophene rings is 1. The number of hydrogen-bond acceptors (Lipinski definition) is 8. The Morgan fingerprint density at radius 1 is 1.42 bits per heavy atom. The van der Waals surface area contributed by atoms with E-state index in [1.54, 1.807) is 12.4 Å². The van der Waals surface area contributed by atoms with Crippen molar-refractivity contribution in [2.45, 2.75) is 16.3 Å². The number of nitrogens with zero attached hydrogens (tertiary/aromatic N) is 4. The zero-order chi connectivity index (χ0) is 13.4. The van der Waals surface area contributed by atoms with Crippen molar-refractivity contribution in [3.05, 3.63) is 22.3 Å². The van der Waals surface area contributed by atoms with E-state index >= 15 is 0 Å². The molecule has 3 aromatic heterocycles. The lowest BCUT2D eigenvalue weighted by molar-refractivity contribution is 0.0701. The van der Waals surface area contributed by atoms with Gasteiger partial charge in [-0.05, 0) is 24.2 Å². The Morgan fingerprint density at radius 3 is 2.95 bits per heavy atom. The minimum absolute atomic E-state index is 0.301. The third-order valence-electron chi connectivity index (χ3n) is 2.41. The van der Waals surface area contributed by atoms with E-state index in [-0.39, 0.29) is 0 Å². The first-order chi connectivity index (χ1) is 9.16. The number of fused-ring (bicyclic) bond motifs is 1. The summed E-state index contributed by atoms with van der Waals surface area (Å²) in [6, 6.07) is 0. The number of carboxylic acid groups (broad SMARTS) is 1. The fourth-order valence-electron chi connectivity index (χ4n) is 1.61. The third kappa shape index (κ3) is 2.20. The Kier molecular flexibility index (Phi) is 3.17. The van der Waals surface area contributed by atoms with Gasteiger partial charge in [0.05, 0.1) is 0 Å². The first-order valence-corrected chi connectivity index (χ1v) is 7.59. The Morgan fingerprint density at radius 2 is 2.26 bits per heavy atom. The van der Waals surface area contributed by atoms with Gasteiger partial charge >= 0.3 is 5.97 Å². The minimum atomic E-state index is -0.938. The molecule has 3 rings (SSSR count). The summed E-state index contributed by atoms with van der Waals surface area (Å²) in [5, 5.41) is 18.4. The van der Waals surface area contributed by atoms with Gasteiger partial charge in [-0.15, -0.1) is 21.5 Å². The standard InChI is InChI=1S/C10H6N4O2S3/c1-4-5-7(18-6(4)9(15)16)11-2-12-8(5)19-10-14-13-3-17-10/h2-3H,1H3,(H,15,16). The monoisotopic (exact) mass is 310 g/mol. The zero-order valence-corrected chi connectivity index (χ0v) is 12.0. The van der Waals surface area contributed by atoms with Crippen LogP contribution in [0.25, 0.3) is 10.2 Å². The van der Waals surface area contributed by atoms with E-state index in [0.717, 1.165) is 21.1 Å². The molecule has 0 unspecified atom stereocenters. The van der Waals surface area contributed by atoms with Crippen LogP contribution in [0.1, 0.15) is 15.2 Å². The molecule has 0 radical (unpaired) electrons. The van der Waals surface area contributed by atoms with E-state index in [2.05, 4.69) is 20.2 Å². The topological polar surface area (TPSA) is 88.9 Å². The fraction of sp³-hybridized carbons (Fsp3) is 0.100. The molecule has 3 aromatic rings. The van der Waals surface area contributed by atoms with E-state index in [1.165, 1.54) is 29.4 Å². The Labute approximate surface area is 119 Å². The third-order valence-corrected chi connectivity index (χ3v) is 5.38. The molecule has 6 nitrogen and oxygen atoms in total. The average molecular weight is 310 g/mol. The van der Waals surface area contributed by atoms with Crippen LogP contribution in [0.5, 0.6) is 0 Å². The number of aromatic carboxylic acids is 1. The average Bonchev–Trinajstić information content (AvgIpc) is 2.98. The fourth-order valence-corrected chi connectivity index (χ4v) is 4.21. The summed E-state index contributed by atoms with van der Waals surface area (Å²) < 4.78 is 0.766. The number of aryl methyl sites for hydroxylation is 1. The molecule has 0 aromatic carbocycles. The molecule has 0 amide bonds. The summed E-state index contributed by atoms with van der Waals surface area (Å²) in [5.41, 5.74) is 2.34. The molecule has 0 aliphatic rings. The van der Waals surface area contributed by atoms with E-state index in [0.29, 0.717) is 20.3 Å². The van der Waals surface area contributed by atoms with Gasteiger partial charge in [-0.3, -0.25) is 0 Å².